The van der Waals surface area contributed by atoms with Gasteiger partial charge in [0.2, 0.25) is 15.9 Å². The van der Waals surface area contributed by atoms with Crippen LogP contribution >= 0.6 is 11.6 Å². The van der Waals surface area contributed by atoms with Gasteiger partial charge in [0.15, 0.2) is 0 Å². The van der Waals surface area contributed by atoms with Gasteiger partial charge in [-0.25, -0.2) is 12.7 Å². The Balaban J connectivity index is 1.97. The van der Waals surface area contributed by atoms with E-state index >= 15 is 0 Å². The van der Waals surface area contributed by atoms with Crippen molar-refractivity contribution in [3.63, 3.8) is 0 Å². The molecule has 1 heterocycles. The number of nitrogens with zero attached hydrogens (tertiary/aromatic N) is 1. The van der Waals surface area contributed by atoms with E-state index in [0.29, 0.717) is 9.99 Å². The van der Waals surface area contributed by atoms with Crippen LogP contribution < -0.4 is 9.62 Å². The highest BCUT2D eigenvalue weighted by atomic mass is 35.5. The number of hydrogen-bond acceptors (Lipinski definition) is 4. The molecule has 0 aliphatic carbocycles. The van der Waals surface area contributed by atoms with Crippen molar-refractivity contribution in [3.8, 4) is 0 Å². The number of sulfonamides is 1. The van der Waals surface area contributed by atoms with Crippen LogP contribution in [-0.2, 0) is 14.8 Å². The first-order valence-corrected chi connectivity index (χ1v) is 10.3. The van der Waals surface area contributed by atoms with E-state index in [0.717, 1.165) is 16.7 Å². The van der Waals surface area contributed by atoms with Gasteiger partial charge in [-0.3, -0.25) is 9.59 Å². The molecule has 3 rings (SSSR count). The number of aryl methyl sites for hydroxylation is 3. The molecule has 2 aromatic rings. The molecule has 1 aliphatic rings. The molecule has 1 fully saturated rings. The number of carbonyl (C=O) groups excluding carboxylic acids is 2. The van der Waals surface area contributed by atoms with Gasteiger partial charge in [0.1, 0.15) is 0 Å². The maximum Gasteiger partial charge on any atom is 0.255 e. The lowest BCUT2D eigenvalue weighted by molar-refractivity contribution is -0.116. The van der Waals surface area contributed by atoms with Gasteiger partial charge in [-0.2, -0.15) is 0 Å². The predicted molar refractivity (Wildman–Crippen MR) is 106 cm³/mol. The Morgan fingerprint density at radius 2 is 1.74 bits per heavy atom. The summed E-state index contributed by atoms with van der Waals surface area (Å²) < 4.78 is 25.0. The highest BCUT2D eigenvalue weighted by molar-refractivity contribution is 7.94. The minimum Gasteiger partial charge on any atom is -0.322 e. The van der Waals surface area contributed by atoms with E-state index in [1.165, 1.54) is 18.2 Å². The zero-order valence-corrected chi connectivity index (χ0v) is 16.7. The standard InChI is InChI=1S/C19H19ClN2O4S/c1-11-8-12(2)18(13(3)9-11)21-19(24)14-4-5-15(20)16(10-14)22-17(23)6-7-27(22,25)26/h4-5,8-10H,6-7H2,1-3H3,(H,21,24). The zero-order chi connectivity index (χ0) is 19.9. The molecule has 0 atom stereocenters. The summed E-state index contributed by atoms with van der Waals surface area (Å²) in [5.41, 5.74) is 3.86. The Bertz CT molecular complexity index is 1040. The number of anilines is 2. The fourth-order valence-corrected chi connectivity index (χ4v) is 4.94. The first kappa shape index (κ1) is 19.4. The first-order chi connectivity index (χ1) is 12.6. The highest BCUT2D eigenvalue weighted by Crippen LogP contribution is 2.33. The fourth-order valence-electron chi connectivity index (χ4n) is 3.22. The zero-order valence-electron chi connectivity index (χ0n) is 15.2. The summed E-state index contributed by atoms with van der Waals surface area (Å²) in [6, 6.07) is 8.17. The van der Waals surface area contributed by atoms with Crippen LogP contribution in [0.5, 0.6) is 0 Å². The molecular formula is C19H19ClN2O4S. The van der Waals surface area contributed by atoms with E-state index < -0.39 is 21.8 Å². The molecule has 6 nitrogen and oxygen atoms in total. The molecule has 2 amide bonds. The number of halogens is 1. The minimum atomic E-state index is -3.76. The molecule has 0 unspecified atom stereocenters. The van der Waals surface area contributed by atoms with Gasteiger partial charge in [-0.05, 0) is 50.1 Å². The SMILES string of the molecule is Cc1cc(C)c(NC(=O)c2ccc(Cl)c(N3C(=O)CCS3(=O)=O)c2)c(C)c1. The average Bonchev–Trinajstić information content (AvgIpc) is 2.84. The average molecular weight is 407 g/mol. The molecule has 1 saturated heterocycles. The quantitative estimate of drug-likeness (QED) is 0.844. The van der Waals surface area contributed by atoms with E-state index in [9.17, 15) is 18.0 Å². The molecule has 27 heavy (non-hydrogen) atoms. The summed E-state index contributed by atoms with van der Waals surface area (Å²) in [7, 11) is -3.76. The van der Waals surface area contributed by atoms with E-state index in [4.69, 9.17) is 11.6 Å². The first-order valence-electron chi connectivity index (χ1n) is 8.35. The van der Waals surface area contributed by atoms with E-state index in [1.54, 1.807) is 0 Å². The molecule has 0 radical (unpaired) electrons. The van der Waals surface area contributed by atoms with Gasteiger partial charge < -0.3 is 5.32 Å². The van der Waals surface area contributed by atoms with Gasteiger partial charge in [0.25, 0.3) is 5.91 Å². The lowest BCUT2D eigenvalue weighted by Crippen LogP contribution is -2.30. The summed E-state index contributed by atoms with van der Waals surface area (Å²) in [6.07, 6.45) is -0.100. The van der Waals surface area contributed by atoms with Crippen molar-refractivity contribution in [2.75, 3.05) is 15.4 Å². The van der Waals surface area contributed by atoms with Crippen molar-refractivity contribution in [2.24, 2.45) is 0 Å². The Kier molecular flexibility index (Phi) is 5.01. The predicted octanol–water partition coefficient (Wildman–Crippen LogP) is 3.58. The Morgan fingerprint density at radius 1 is 1.11 bits per heavy atom. The maximum absolute atomic E-state index is 12.7. The van der Waals surface area contributed by atoms with Crippen LogP contribution in [-0.4, -0.2) is 26.0 Å². The van der Waals surface area contributed by atoms with Crippen LogP contribution in [0.2, 0.25) is 5.02 Å². The highest BCUT2D eigenvalue weighted by Gasteiger charge is 2.37. The van der Waals surface area contributed by atoms with E-state index in [-0.39, 0.29) is 28.4 Å². The number of hydrogen-bond donors (Lipinski definition) is 1. The Labute approximate surface area is 163 Å². The minimum absolute atomic E-state index is 0.00386. The maximum atomic E-state index is 12.7. The third kappa shape index (κ3) is 3.70. The fraction of sp³-hybridized carbons (Fsp3) is 0.263. The second kappa shape index (κ2) is 6.98. The summed E-state index contributed by atoms with van der Waals surface area (Å²) in [5.74, 6) is -1.23. The number of rotatable bonds is 3. The van der Waals surface area contributed by atoms with Gasteiger partial charge in [0, 0.05) is 17.7 Å². The number of benzene rings is 2. The monoisotopic (exact) mass is 406 g/mol. The summed E-state index contributed by atoms with van der Waals surface area (Å²) in [5, 5.41) is 2.95. The molecule has 142 valence electrons. The third-order valence-electron chi connectivity index (χ3n) is 4.42. The molecular weight excluding hydrogens is 388 g/mol. The van der Waals surface area contributed by atoms with E-state index in [2.05, 4.69) is 5.32 Å². The number of nitrogens with one attached hydrogen (secondary N) is 1. The van der Waals surface area contributed by atoms with Crippen LogP contribution in [0.3, 0.4) is 0 Å². The normalized spacial score (nSPS) is 15.9. The van der Waals surface area contributed by atoms with Crippen molar-refractivity contribution in [2.45, 2.75) is 27.2 Å². The van der Waals surface area contributed by atoms with Crippen LogP contribution in [0, 0.1) is 20.8 Å². The smallest absolute Gasteiger partial charge is 0.255 e. The van der Waals surface area contributed by atoms with Gasteiger partial charge in [-0.1, -0.05) is 29.3 Å². The molecule has 0 aromatic heterocycles. The number of carbonyl (C=O) groups is 2. The molecule has 0 spiro atoms. The van der Waals surface area contributed by atoms with Crippen molar-refractivity contribution in [1.29, 1.82) is 0 Å². The van der Waals surface area contributed by atoms with Crippen LogP contribution in [0.1, 0.15) is 33.5 Å². The van der Waals surface area contributed by atoms with Gasteiger partial charge in [0.05, 0.1) is 16.5 Å². The largest absolute Gasteiger partial charge is 0.322 e. The molecule has 2 aromatic carbocycles. The van der Waals surface area contributed by atoms with Gasteiger partial charge >= 0.3 is 0 Å². The van der Waals surface area contributed by atoms with Crippen LogP contribution in [0.4, 0.5) is 11.4 Å². The molecule has 8 heteroatoms. The van der Waals surface area contributed by atoms with Crippen molar-refractivity contribution in [1.82, 2.24) is 0 Å². The topological polar surface area (TPSA) is 83.6 Å². The summed E-state index contributed by atoms with van der Waals surface area (Å²) >= 11 is 6.11. The van der Waals surface area contributed by atoms with E-state index in [1.807, 2.05) is 32.9 Å². The third-order valence-corrected chi connectivity index (χ3v) is 6.42. The lowest BCUT2D eigenvalue weighted by Gasteiger charge is -2.18. The molecule has 0 bridgehead atoms. The molecule has 1 aliphatic heterocycles. The Hall–Kier alpha value is -2.38. The molecule has 1 N–H and O–H groups in total. The second-order valence-electron chi connectivity index (χ2n) is 6.62. The Morgan fingerprint density at radius 3 is 2.30 bits per heavy atom. The van der Waals surface area contributed by atoms with Gasteiger partial charge in [-0.15, -0.1) is 0 Å². The number of amides is 2. The van der Waals surface area contributed by atoms with Crippen LogP contribution in [0.15, 0.2) is 30.3 Å². The van der Waals surface area contributed by atoms with Crippen molar-refractivity contribution >= 4 is 44.8 Å². The summed E-state index contributed by atoms with van der Waals surface area (Å²) in [4.78, 5) is 24.7. The molecule has 0 saturated carbocycles. The van der Waals surface area contributed by atoms with Crippen molar-refractivity contribution in [3.05, 3.63) is 57.6 Å². The lowest BCUT2D eigenvalue weighted by atomic mass is 10.0. The summed E-state index contributed by atoms with van der Waals surface area (Å²) in [6.45, 7) is 5.78. The second-order valence-corrected chi connectivity index (χ2v) is 8.96. The van der Waals surface area contributed by atoms with Crippen molar-refractivity contribution < 1.29 is 18.0 Å². The van der Waals surface area contributed by atoms with Crippen LogP contribution in [0.25, 0.3) is 0 Å².